The fourth-order valence-corrected chi connectivity index (χ4v) is 3.11. The molecule has 0 bridgehead atoms. The molecule has 156 valence electrons. The van der Waals surface area contributed by atoms with Crippen LogP contribution in [0.25, 0.3) is 10.9 Å². The summed E-state index contributed by atoms with van der Waals surface area (Å²) in [5, 5.41) is 13.2. The predicted octanol–water partition coefficient (Wildman–Crippen LogP) is 3.47. The number of benzene rings is 2. The SMILES string of the molecule is CC(C)OC(=O)Nc1ccc2[nH]nc(NC(=O)Cc3ccc4c(c3)OCCO4)c2c1. The first-order valence-corrected chi connectivity index (χ1v) is 9.62. The molecule has 2 aromatic carbocycles. The summed E-state index contributed by atoms with van der Waals surface area (Å²) in [6.07, 6.45) is -0.612. The summed E-state index contributed by atoms with van der Waals surface area (Å²) in [6, 6.07) is 10.7. The van der Waals surface area contributed by atoms with Crippen molar-refractivity contribution in [2.24, 2.45) is 0 Å². The van der Waals surface area contributed by atoms with Gasteiger partial charge in [0.15, 0.2) is 17.3 Å². The smallest absolute Gasteiger partial charge is 0.411 e. The third-order valence-electron chi connectivity index (χ3n) is 4.38. The maximum Gasteiger partial charge on any atom is 0.411 e. The molecule has 0 atom stereocenters. The van der Waals surface area contributed by atoms with Crippen molar-refractivity contribution in [1.82, 2.24) is 10.2 Å². The molecule has 9 nitrogen and oxygen atoms in total. The summed E-state index contributed by atoms with van der Waals surface area (Å²) >= 11 is 0. The zero-order chi connectivity index (χ0) is 21.1. The van der Waals surface area contributed by atoms with Crippen molar-refractivity contribution < 1.29 is 23.8 Å². The molecule has 0 saturated heterocycles. The molecule has 0 saturated carbocycles. The molecule has 0 aliphatic carbocycles. The van der Waals surface area contributed by atoms with E-state index in [-0.39, 0.29) is 18.4 Å². The number of nitrogens with zero attached hydrogens (tertiary/aromatic N) is 1. The number of fused-ring (bicyclic) bond motifs is 2. The fourth-order valence-electron chi connectivity index (χ4n) is 3.11. The molecule has 0 unspecified atom stereocenters. The van der Waals surface area contributed by atoms with Gasteiger partial charge in [-0.15, -0.1) is 0 Å². The lowest BCUT2D eigenvalue weighted by molar-refractivity contribution is -0.115. The Labute approximate surface area is 172 Å². The molecular formula is C21H22N4O5. The van der Waals surface area contributed by atoms with Gasteiger partial charge in [-0.25, -0.2) is 4.79 Å². The number of aromatic nitrogens is 2. The largest absolute Gasteiger partial charge is 0.486 e. The lowest BCUT2D eigenvalue weighted by Crippen LogP contribution is -2.18. The van der Waals surface area contributed by atoms with Crippen LogP contribution in [0.4, 0.5) is 16.3 Å². The number of carbonyl (C=O) groups is 2. The van der Waals surface area contributed by atoms with Gasteiger partial charge in [0.05, 0.1) is 18.0 Å². The predicted molar refractivity (Wildman–Crippen MR) is 111 cm³/mol. The highest BCUT2D eigenvalue weighted by Gasteiger charge is 2.15. The van der Waals surface area contributed by atoms with E-state index in [4.69, 9.17) is 14.2 Å². The van der Waals surface area contributed by atoms with Crippen LogP contribution in [0.3, 0.4) is 0 Å². The van der Waals surface area contributed by atoms with Crippen LogP contribution in [0.2, 0.25) is 0 Å². The second kappa shape index (κ2) is 8.32. The Balaban J connectivity index is 1.46. The molecule has 9 heteroatoms. The first-order valence-electron chi connectivity index (χ1n) is 9.62. The van der Waals surface area contributed by atoms with E-state index >= 15 is 0 Å². The Bertz CT molecular complexity index is 1090. The number of rotatable bonds is 5. The molecule has 30 heavy (non-hydrogen) atoms. The van der Waals surface area contributed by atoms with E-state index in [0.29, 0.717) is 41.6 Å². The highest BCUT2D eigenvalue weighted by molar-refractivity contribution is 6.02. The lowest BCUT2D eigenvalue weighted by atomic mass is 10.1. The van der Waals surface area contributed by atoms with Gasteiger partial charge in [0.2, 0.25) is 5.91 Å². The van der Waals surface area contributed by atoms with Gasteiger partial charge in [0.1, 0.15) is 13.2 Å². The van der Waals surface area contributed by atoms with Crippen LogP contribution < -0.4 is 20.1 Å². The molecule has 3 aromatic rings. The number of hydrogen-bond donors (Lipinski definition) is 3. The number of H-pyrrole nitrogens is 1. The van der Waals surface area contributed by atoms with Crippen LogP contribution >= 0.6 is 0 Å². The van der Waals surface area contributed by atoms with Crippen LogP contribution in [0.1, 0.15) is 19.4 Å². The standard InChI is InChI=1S/C21H22N4O5/c1-12(2)30-21(27)22-14-4-5-16-15(11-14)20(25-24-16)23-19(26)10-13-3-6-17-18(9-13)29-8-7-28-17/h3-6,9,11-12H,7-8,10H2,1-2H3,(H,22,27)(H2,23,24,25,26). The average Bonchev–Trinajstić information content (AvgIpc) is 3.09. The summed E-state index contributed by atoms with van der Waals surface area (Å²) < 4.78 is 16.1. The van der Waals surface area contributed by atoms with E-state index < -0.39 is 6.09 Å². The Morgan fingerprint density at radius 3 is 2.70 bits per heavy atom. The number of carbonyl (C=O) groups excluding carboxylic acids is 2. The highest BCUT2D eigenvalue weighted by atomic mass is 16.6. The van der Waals surface area contributed by atoms with Gasteiger partial charge in [0.25, 0.3) is 0 Å². The summed E-state index contributed by atoms with van der Waals surface area (Å²) in [4.78, 5) is 24.4. The van der Waals surface area contributed by atoms with Crippen LogP contribution in [-0.2, 0) is 16.0 Å². The molecular weight excluding hydrogens is 388 g/mol. The molecule has 2 amide bonds. The second-order valence-corrected chi connectivity index (χ2v) is 7.11. The van der Waals surface area contributed by atoms with Crippen molar-refractivity contribution in [3.8, 4) is 11.5 Å². The Hall–Kier alpha value is -3.75. The third kappa shape index (κ3) is 4.45. The maximum absolute atomic E-state index is 12.5. The van der Waals surface area contributed by atoms with Gasteiger partial charge in [0, 0.05) is 11.1 Å². The summed E-state index contributed by atoms with van der Waals surface area (Å²) in [5.41, 5.74) is 2.07. The van der Waals surface area contributed by atoms with Gasteiger partial charge < -0.3 is 19.5 Å². The van der Waals surface area contributed by atoms with E-state index in [2.05, 4.69) is 20.8 Å². The molecule has 0 fully saturated rings. The highest BCUT2D eigenvalue weighted by Crippen LogP contribution is 2.31. The van der Waals surface area contributed by atoms with Gasteiger partial charge in [-0.2, -0.15) is 5.10 Å². The maximum atomic E-state index is 12.5. The average molecular weight is 410 g/mol. The zero-order valence-electron chi connectivity index (χ0n) is 16.7. The van der Waals surface area contributed by atoms with Gasteiger partial charge in [-0.05, 0) is 49.7 Å². The molecule has 1 aliphatic heterocycles. The molecule has 0 spiro atoms. The molecule has 3 N–H and O–H groups in total. The van der Waals surface area contributed by atoms with Gasteiger partial charge >= 0.3 is 6.09 Å². The van der Waals surface area contributed by atoms with E-state index in [9.17, 15) is 9.59 Å². The topological polar surface area (TPSA) is 115 Å². The van der Waals surface area contributed by atoms with E-state index in [1.807, 2.05) is 6.07 Å². The van der Waals surface area contributed by atoms with Crippen molar-refractivity contribution in [3.05, 3.63) is 42.0 Å². The number of anilines is 2. The normalized spacial score (nSPS) is 12.6. The minimum atomic E-state index is -0.544. The molecule has 2 heterocycles. The first-order chi connectivity index (χ1) is 14.5. The number of ether oxygens (including phenoxy) is 3. The van der Waals surface area contributed by atoms with Crippen LogP contribution in [0, 0.1) is 0 Å². The molecule has 1 aromatic heterocycles. The van der Waals surface area contributed by atoms with Crippen LogP contribution in [0.15, 0.2) is 36.4 Å². The van der Waals surface area contributed by atoms with Crippen molar-refractivity contribution in [2.45, 2.75) is 26.4 Å². The molecule has 4 rings (SSSR count). The minimum absolute atomic E-state index is 0.156. The Kier molecular flexibility index (Phi) is 5.42. The van der Waals surface area contributed by atoms with Crippen LogP contribution in [-0.4, -0.2) is 41.5 Å². The zero-order valence-corrected chi connectivity index (χ0v) is 16.7. The lowest BCUT2D eigenvalue weighted by Gasteiger charge is -2.18. The molecule has 1 aliphatic rings. The van der Waals surface area contributed by atoms with Crippen molar-refractivity contribution in [3.63, 3.8) is 0 Å². The van der Waals surface area contributed by atoms with E-state index in [0.717, 1.165) is 11.1 Å². The van der Waals surface area contributed by atoms with Gasteiger partial charge in [-0.1, -0.05) is 6.07 Å². The first kappa shape index (κ1) is 19.6. The number of hydrogen-bond acceptors (Lipinski definition) is 6. The Morgan fingerprint density at radius 1 is 1.10 bits per heavy atom. The summed E-state index contributed by atoms with van der Waals surface area (Å²) in [6.45, 7) is 4.55. The van der Waals surface area contributed by atoms with Crippen LogP contribution in [0.5, 0.6) is 11.5 Å². The fraction of sp³-hybridized carbons (Fsp3) is 0.286. The number of amides is 2. The van der Waals surface area contributed by atoms with E-state index in [1.54, 1.807) is 44.2 Å². The van der Waals surface area contributed by atoms with Crippen molar-refractivity contribution in [2.75, 3.05) is 23.8 Å². The third-order valence-corrected chi connectivity index (χ3v) is 4.38. The summed E-state index contributed by atoms with van der Waals surface area (Å²) in [7, 11) is 0. The monoisotopic (exact) mass is 410 g/mol. The minimum Gasteiger partial charge on any atom is -0.486 e. The quantitative estimate of drug-likeness (QED) is 0.593. The number of nitrogens with one attached hydrogen (secondary N) is 3. The van der Waals surface area contributed by atoms with Crippen molar-refractivity contribution >= 4 is 34.4 Å². The molecule has 0 radical (unpaired) electrons. The summed E-state index contributed by atoms with van der Waals surface area (Å²) in [5.74, 6) is 1.48. The number of aromatic amines is 1. The van der Waals surface area contributed by atoms with Gasteiger partial charge in [-0.3, -0.25) is 15.2 Å². The second-order valence-electron chi connectivity index (χ2n) is 7.11. The van der Waals surface area contributed by atoms with Crippen molar-refractivity contribution in [1.29, 1.82) is 0 Å². The van der Waals surface area contributed by atoms with E-state index in [1.165, 1.54) is 0 Å². The Morgan fingerprint density at radius 2 is 1.90 bits per heavy atom.